The highest BCUT2D eigenvalue weighted by Crippen LogP contribution is 2.33. The Morgan fingerprint density at radius 3 is 1.38 bits per heavy atom. The highest BCUT2D eigenvalue weighted by atomic mass is 35.5. The van der Waals surface area contributed by atoms with Crippen molar-refractivity contribution in [1.82, 2.24) is 49.6 Å². The molecule has 0 aliphatic rings. The van der Waals surface area contributed by atoms with Gasteiger partial charge in [-0.05, 0) is 75.7 Å². The molecule has 0 fully saturated rings. The van der Waals surface area contributed by atoms with Crippen LogP contribution >= 0.6 is 11.6 Å². The number of hydrogen-bond donors (Lipinski definition) is 1. The number of ether oxygens (including phenoxy) is 3. The van der Waals surface area contributed by atoms with Crippen LogP contribution in [0.25, 0.3) is 33.8 Å². The summed E-state index contributed by atoms with van der Waals surface area (Å²) in [4.78, 5) is 7.02. The summed E-state index contributed by atoms with van der Waals surface area (Å²) in [5.74, 6) is -5.91. The lowest BCUT2D eigenvalue weighted by atomic mass is 10.2. The fourth-order valence-corrected chi connectivity index (χ4v) is 4.38. The highest BCUT2D eigenvalue weighted by molar-refractivity contribution is 6.21. The maximum absolute atomic E-state index is 14.2. The number of fused-ring (bicyclic) bond motifs is 2. The van der Waals surface area contributed by atoms with E-state index in [0.717, 1.165) is 29.0 Å². The summed E-state index contributed by atoms with van der Waals surface area (Å²) in [7, 11) is 0. The van der Waals surface area contributed by atoms with E-state index in [1.54, 1.807) is 6.92 Å². The minimum atomic E-state index is -4.70. The first kappa shape index (κ1) is 51.5. The van der Waals surface area contributed by atoms with Crippen LogP contribution in [0.4, 0.5) is 52.7 Å². The van der Waals surface area contributed by atoms with Gasteiger partial charge in [-0.1, -0.05) is 14.9 Å². The minimum absolute atomic E-state index is 0. The Morgan fingerprint density at radius 2 is 1.03 bits per heavy atom. The van der Waals surface area contributed by atoms with Crippen LogP contribution in [0.1, 0.15) is 54.2 Å². The molecule has 27 heteroatoms. The maximum atomic E-state index is 14.2. The van der Waals surface area contributed by atoms with Gasteiger partial charge in [0.25, 0.3) is 17.6 Å². The zero-order chi connectivity index (χ0) is 44.1. The van der Waals surface area contributed by atoms with Crippen LogP contribution in [0.3, 0.4) is 0 Å². The third-order valence-electron chi connectivity index (χ3n) is 7.07. The van der Waals surface area contributed by atoms with Gasteiger partial charge >= 0.3 is 23.8 Å². The molecule has 0 aliphatic carbocycles. The standard InChI is InChI=1S/C16H13F6N5O2.C14H8ClF6N5O.C2H6O.2CH4/c1-3-28-16(21,22)14-25-24-12-5-4-11(26-27(12)14)9-6-10(17)13(23-7-9)29-8(2)15(18,19)20;1-6(14(19,20)21)27-11-8(16)4-7(5-22-11)9-2-3-10-23-24-12(13(15,17)18)26(10)25-9;1-2-3;;/h4-8H,3H2,1-2H3;2-6H,1H3;3H,2H2,1H3;2*1H4/t8-;6-;;;/m00.../s1. The molecule has 0 unspecified atom stereocenters. The largest absolute Gasteiger partial charge is 0.463 e. The maximum Gasteiger partial charge on any atom is 0.425 e. The number of aliphatic hydroxyl groups excluding tert-OH is 1. The average molecular weight is 911 g/mol. The summed E-state index contributed by atoms with van der Waals surface area (Å²) in [6.45, 7) is 4.41. The molecule has 0 saturated heterocycles. The number of hydrogen-bond acceptors (Lipinski definition) is 12. The Labute approximate surface area is 342 Å². The molecule has 6 heterocycles. The number of alkyl halides is 11. The van der Waals surface area contributed by atoms with Crippen molar-refractivity contribution in [3.8, 4) is 34.3 Å². The zero-order valence-corrected chi connectivity index (χ0v) is 31.0. The quantitative estimate of drug-likeness (QED) is 0.103. The summed E-state index contributed by atoms with van der Waals surface area (Å²) >= 11 is 4.93. The number of nitrogens with zero attached hydrogens (tertiary/aromatic N) is 10. The van der Waals surface area contributed by atoms with Gasteiger partial charge in [0.05, 0.1) is 18.0 Å². The summed E-state index contributed by atoms with van der Waals surface area (Å²) in [5, 5.41) is 25.1. The van der Waals surface area contributed by atoms with Crippen molar-refractivity contribution in [3.05, 3.63) is 72.1 Å². The minimum Gasteiger partial charge on any atom is -0.463 e. The van der Waals surface area contributed by atoms with E-state index in [1.807, 2.05) is 0 Å². The molecule has 14 nitrogen and oxygen atoms in total. The molecule has 0 bridgehead atoms. The third kappa shape index (κ3) is 12.7. The second kappa shape index (κ2) is 20.3. The zero-order valence-electron chi connectivity index (χ0n) is 30.2. The van der Waals surface area contributed by atoms with Crippen molar-refractivity contribution in [1.29, 1.82) is 0 Å². The Balaban J connectivity index is 0.000000384. The Hall–Kier alpha value is -5.63. The lowest BCUT2D eigenvalue weighted by Crippen LogP contribution is -2.31. The molecular formula is C34H35ClF12N10O4. The van der Waals surface area contributed by atoms with Crippen LogP contribution in [0, 0.1) is 11.6 Å². The Morgan fingerprint density at radius 1 is 0.656 bits per heavy atom. The monoisotopic (exact) mass is 910 g/mol. The first-order chi connectivity index (χ1) is 27.4. The molecule has 2 atom stereocenters. The average Bonchev–Trinajstić information content (AvgIpc) is 3.78. The van der Waals surface area contributed by atoms with Crippen LogP contribution in [-0.4, -0.2) is 92.5 Å². The van der Waals surface area contributed by atoms with Gasteiger partial charge in [0.2, 0.25) is 5.82 Å². The van der Waals surface area contributed by atoms with Crippen molar-refractivity contribution in [3.63, 3.8) is 0 Å². The molecular weight excluding hydrogens is 876 g/mol. The van der Waals surface area contributed by atoms with Crippen LogP contribution in [0.15, 0.2) is 48.8 Å². The number of rotatable bonds is 10. The molecule has 0 radical (unpaired) electrons. The molecule has 61 heavy (non-hydrogen) atoms. The molecule has 0 spiro atoms. The molecule has 1 N–H and O–H groups in total. The van der Waals surface area contributed by atoms with Gasteiger partial charge in [-0.25, -0.2) is 18.7 Å². The SMILES string of the molecule is C.C.CCO.CCOC(F)(F)c1nnc2ccc(-c3cnc(O[C@@H](C)C(F)(F)F)c(F)c3)nn12.C[C@H](Oc1ncc(-c2ccc3nnc(C(F)(F)Cl)n3n2)cc1F)C(F)(F)F. The summed E-state index contributed by atoms with van der Waals surface area (Å²) < 4.78 is 173. The summed E-state index contributed by atoms with van der Waals surface area (Å²) in [6, 6.07) is 6.86. The van der Waals surface area contributed by atoms with E-state index < -0.39 is 71.1 Å². The second-order valence-electron chi connectivity index (χ2n) is 11.4. The fourth-order valence-electron chi connectivity index (χ4n) is 4.26. The predicted molar refractivity (Wildman–Crippen MR) is 192 cm³/mol. The third-order valence-corrected chi connectivity index (χ3v) is 7.24. The second-order valence-corrected chi connectivity index (χ2v) is 11.9. The Kier molecular flexibility index (Phi) is 17.1. The number of aromatic nitrogens is 10. The molecule has 6 rings (SSSR count). The van der Waals surface area contributed by atoms with E-state index in [-0.39, 0.29) is 61.9 Å². The predicted octanol–water partition coefficient (Wildman–Crippen LogP) is 8.95. The van der Waals surface area contributed by atoms with Crippen molar-refractivity contribution < 1.29 is 72.0 Å². The topological polar surface area (TPSA) is 160 Å². The first-order valence-corrected chi connectivity index (χ1v) is 16.7. The van der Waals surface area contributed by atoms with E-state index in [9.17, 15) is 52.7 Å². The van der Waals surface area contributed by atoms with Crippen LogP contribution < -0.4 is 9.47 Å². The van der Waals surface area contributed by atoms with E-state index in [4.69, 9.17) is 16.7 Å². The van der Waals surface area contributed by atoms with Crippen LogP contribution in [-0.2, 0) is 16.2 Å². The molecule has 6 aromatic rings. The lowest BCUT2D eigenvalue weighted by Gasteiger charge is -2.17. The van der Waals surface area contributed by atoms with Gasteiger partial charge in [0, 0.05) is 30.1 Å². The van der Waals surface area contributed by atoms with Gasteiger partial charge < -0.3 is 19.3 Å². The van der Waals surface area contributed by atoms with Crippen molar-refractivity contribution >= 4 is 22.9 Å². The normalized spacial score (nSPS) is 12.9. The fraction of sp³-hybridized carbons (Fsp3) is 0.412. The van der Waals surface area contributed by atoms with Crippen LogP contribution in [0.5, 0.6) is 11.8 Å². The molecule has 0 saturated carbocycles. The van der Waals surface area contributed by atoms with Crippen molar-refractivity contribution in [2.24, 2.45) is 0 Å². The van der Waals surface area contributed by atoms with Gasteiger partial charge in [-0.3, -0.25) is 0 Å². The van der Waals surface area contributed by atoms with E-state index in [1.165, 1.54) is 31.2 Å². The smallest absolute Gasteiger partial charge is 0.425 e. The van der Waals surface area contributed by atoms with Crippen LogP contribution in [0.2, 0.25) is 0 Å². The number of pyridine rings is 2. The molecule has 6 aromatic heterocycles. The molecule has 0 amide bonds. The molecule has 0 aliphatic heterocycles. The van der Waals surface area contributed by atoms with Gasteiger partial charge in [-0.2, -0.15) is 63.1 Å². The first-order valence-electron chi connectivity index (χ1n) is 16.3. The summed E-state index contributed by atoms with van der Waals surface area (Å²) in [5.41, 5.74) is -0.0781. The van der Waals surface area contributed by atoms with Gasteiger partial charge in [0.1, 0.15) is 0 Å². The lowest BCUT2D eigenvalue weighted by molar-refractivity contribution is -0.252. The van der Waals surface area contributed by atoms with Gasteiger partial charge in [0.15, 0.2) is 35.1 Å². The molecule has 336 valence electrons. The summed E-state index contributed by atoms with van der Waals surface area (Å²) in [6.07, 6.45) is -15.7. The highest BCUT2D eigenvalue weighted by Gasteiger charge is 2.41. The number of aliphatic hydroxyl groups is 1. The van der Waals surface area contributed by atoms with Crippen molar-refractivity contribution in [2.75, 3.05) is 13.2 Å². The van der Waals surface area contributed by atoms with E-state index >= 15 is 0 Å². The Bertz CT molecular complexity index is 2360. The van der Waals surface area contributed by atoms with Gasteiger partial charge in [-0.15, -0.1) is 20.4 Å². The number of halogens is 13. The van der Waals surface area contributed by atoms with E-state index in [0.29, 0.717) is 18.4 Å². The van der Waals surface area contributed by atoms with Crippen molar-refractivity contribution in [2.45, 2.75) is 78.6 Å². The molecule has 0 aromatic carbocycles. The van der Waals surface area contributed by atoms with E-state index in [2.05, 4.69) is 54.8 Å².